The molecule has 0 amide bonds. The summed E-state index contributed by atoms with van der Waals surface area (Å²) >= 11 is 0. The predicted molar refractivity (Wildman–Crippen MR) is 81.8 cm³/mol. The summed E-state index contributed by atoms with van der Waals surface area (Å²) in [5.41, 5.74) is 0.907. The Bertz CT molecular complexity index is 730. The molecule has 3 aromatic rings. The van der Waals surface area contributed by atoms with E-state index in [-0.39, 0.29) is 12.1 Å². The lowest BCUT2D eigenvalue weighted by molar-refractivity contribution is 0.185. The Morgan fingerprint density at radius 1 is 1.10 bits per heavy atom. The molecule has 1 heterocycles. The molecule has 0 radical (unpaired) electrons. The molecule has 2 unspecified atom stereocenters. The molecule has 0 spiro atoms. The molecule has 0 aliphatic carbocycles. The van der Waals surface area contributed by atoms with Crippen molar-refractivity contribution in [3.8, 4) is 0 Å². The van der Waals surface area contributed by atoms with Gasteiger partial charge in [-0.25, -0.2) is 0 Å². The van der Waals surface area contributed by atoms with Crippen LogP contribution in [0.5, 0.6) is 0 Å². The van der Waals surface area contributed by atoms with Gasteiger partial charge in [-0.2, -0.15) is 0 Å². The number of furan rings is 1. The van der Waals surface area contributed by atoms with Crippen molar-refractivity contribution in [1.29, 1.82) is 0 Å². The molecular weight excluding hydrogens is 250 g/mol. The number of hydrogen-bond acceptors (Lipinski definition) is 3. The van der Waals surface area contributed by atoms with Crippen LogP contribution in [0.3, 0.4) is 0 Å². The van der Waals surface area contributed by atoms with Gasteiger partial charge in [0.15, 0.2) is 0 Å². The highest BCUT2D eigenvalue weighted by Gasteiger charge is 2.13. The molecule has 0 saturated heterocycles. The Hall–Kier alpha value is -1.84. The molecule has 1 aromatic heterocycles. The van der Waals surface area contributed by atoms with E-state index in [0.717, 1.165) is 16.7 Å². The van der Waals surface area contributed by atoms with Gasteiger partial charge in [0.2, 0.25) is 0 Å². The van der Waals surface area contributed by atoms with Gasteiger partial charge >= 0.3 is 0 Å². The molecule has 2 aromatic carbocycles. The molecule has 3 heteroatoms. The topological polar surface area (TPSA) is 45.4 Å². The van der Waals surface area contributed by atoms with Crippen LogP contribution in [-0.2, 0) is 0 Å². The monoisotopic (exact) mass is 269 g/mol. The van der Waals surface area contributed by atoms with Crippen LogP contribution in [0, 0.1) is 0 Å². The zero-order valence-corrected chi connectivity index (χ0v) is 11.8. The molecule has 0 fully saturated rings. The minimum Gasteiger partial charge on any atom is -0.459 e. The molecule has 0 aliphatic heterocycles. The minimum atomic E-state index is -0.359. The maximum Gasteiger partial charge on any atom is 0.135 e. The van der Waals surface area contributed by atoms with E-state index in [4.69, 9.17) is 4.42 Å². The number of hydrogen-bond donors (Lipinski definition) is 2. The van der Waals surface area contributed by atoms with Crippen LogP contribution < -0.4 is 5.32 Å². The van der Waals surface area contributed by atoms with Crippen molar-refractivity contribution >= 4 is 21.7 Å². The first kappa shape index (κ1) is 13.2. The quantitative estimate of drug-likeness (QED) is 0.760. The van der Waals surface area contributed by atoms with E-state index >= 15 is 0 Å². The van der Waals surface area contributed by atoms with Crippen LogP contribution in [0.25, 0.3) is 21.7 Å². The van der Waals surface area contributed by atoms with Crippen molar-refractivity contribution in [2.45, 2.75) is 26.0 Å². The van der Waals surface area contributed by atoms with Gasteiger partial charge in [-0.3, -0.25) is 0 Å². The highest BCUT2D eigenvalue weighted by atomic mass is 16.3. The van der Waals surface area contributed by atoms with Crippen molar-refractivity contribution in [3.63, 3.8) is 0 Å². The van der Waals surface area contributed by atoms with Crippen LogP contribution in [0.4, 0.5) is 0 Å². The summed E-state index contributed by atoms with van der Waals surface area (Å²) in [6.07, 6.45) is -0.359. The fourth-order valence-corrected chi connectivity index (χ4v) is 2.47. The van der Waals surface area contributed by atoms with Crippen molar-refractivity contribution in [1.82, 2.24) is 5.32 Å². The van der Waals surface area contributed by atoms with Gasteiger partial charge in [0, 0.05) is 11.9 Å². The molecular formula is C17H19NO2. The van der Waals surface area contributed by atoms with Gasteiger partial charge in [0.1, 0.15) is 11.3 Å². The number of fused-ring (bicyclic) bond motifs is 3. The van der Waals surface area contributed by atoms with Crippen molar-refractivity contribution < 1.29 is 9.52 Å². The maximum atomic E-state index is 9.34. The Balaban J connectivity index is 2.00. The number of aliphatic hydroxyl groups excluding tert-OH is 1. The largest absolute Gasteiger partial charge is 0.459 e. The summed E-state index contributed by atoms with van der Waals surface area (Å²) in [7, 11) is 0. The fourth-order valence-electron chi connectivity index (χ4n) is 2.47. The number of benzene rings is 2. The summed E-state index contributed by atoms with van der Waals surface area (Å²) in [6.45, 7) is 4.37. The highest BCUT2D eigenvalue weighted by molar-refractivity contribution is 6.05. The van der Waals surface area contributed by atoms with E-state index in [1.54, 1.807) is 6.92 Å². The Kier molecular flexibility index (Phi) is 3.47. The molecule has 2 N–H and O–H groups in total. The predicted octanol–water partition coefficient (Wildman–Crippen LogP) is 3.62. The summed E-state index contributed by atoms with van der Waals surface area (Å²) < 4.78 is 5.93. The van der Waals surface area contributed by atoms with E-state index < -0.39 is 0 Å². The summed E-state index contributed by atoms with van der Waals surface area (Å²) in [5, 5.41) is 16.2. The molecule has 0 bridgehead atoms. The van der Waals surface area contributed by atoms with Gasteiger partial charge in [-0.1, -0.05) is 30.3 Å². The number of nitrogens with one attached hydrogen (secondary N) is 1. The second kappa shape index (κ2) is 5.27. The first-order chi connectivity index (χ1) is 9.65. The van der Waals surface area contributed by atoms with Crippen molar-refractivity contribution in [2.24, 2.45) is 0 Å². The molecule has 2 atom stereocenters. The zero-order valence-electron chi connectivity index (χ0n) is 11.8. The third kappa shape index (κ3) is 2.42. The van der Waals surface area contributed by atoms with E-state index in [2.05, 4.69) is 29.6 Å². The molecule has 20 heavy (non-hydrogen) atoms. The van der Waals surface area contributed by atoms with Crippen LogP contribution in [0.15, 0.2) is 46.9 Å². The van der Waals surface area contributed by atoms with Gasteiger partial charge in [0.05, 0.1) is 12.1 Å². The normalized spacial score (nSPS) is 14.8. The number of rotatable bonds is 4. The van der Waals surface area contributed by atoms with Crippen LogP contribution in [-0.4, -0.2) is 17.8 Å². The Morgan fingerprint density at radius 2 is 1.90 bits per heavy atom. The van der Waals surface area contributed by atoms with Gasteiger partial charge in [-0.05, 0) is 36.8 Å². The second-order valence-corrected chi connectivity index (χ2v) is 5.33. The lowest BCUT2D eigenvalue weighted by Crippen LogP contribution is -2.26. The maximum absolute atomic E-state index is 9.34. The molecule has 3 rings (SSSR count). The van der Waals surface area contributed by atoms with Crippen LogP contribution in [0.1, 0.15) is 25.6 Å². The lowest BCUT2D eigenvalue weighted by Gasteiger charge is -2.12. The SMILES string of the molecule is CC(O)CNC(C)c1cc2c(ccc3ccccc32)o1. The average Bonchev–Trinajstić information content (AvgIpc) is 2.89. The zero-order chi connectivity index (χ0) is 14.1. The standard InChI is InChI=1S/C17H19NO2/c1-11(19)10-18-12(2)17-9-15-14-6-4-3-5-13(14)7-8-16(15)20-17/h3-9,11-12,18-19H,10H2,1-2H3. The van der Waals surface area contributed by atoms with E-state index in [9.17, 15) is 5.11 Å². The molecule has 0 aliphatic rings. The third-order valence-corrected chi connectivity index (χ3v) is 3.59. The second-order valence-electron chi connectivity index (χ2n) is 5.33. The molecule has 104 valence electrons. The van der Waals surface area contributed by atoms with Crippen LogP contribution in [0.2, 0.25) is 0 Å². The molecule has 3 nitrogen and oxygen atoms in total. The van der Waals surface area contributed by atoms with Crippen molar-refractivity contribution in [3.05, 3.63) is 48.2 Å². The van der Waals surface area contributed by atoms with E-state index in [1.807, 2.05) is 25.1 Å². The number of aliphatic hydroxyl groups is 1. The van der Waals surface area contributed by atoms with Gasteiger partial charge in [-0.15, -0.1) is 0 Å². The van der Waals surface area contributed by atoms with Crippen molar-refractivity contribution in [2.75, 3.05) is 6.54 Å². The summed E-state index contributed by atoms with van der Waals surface area (Å²) in [4.78, 5) is 0. The van der Waals surface area contributed by atoms with Gasteiger partial charge < -0.3 is 14.8 Å². The summed E-state index contributed by atoms with van der Waals surface area (Å²) in [6, 6.07) is 14.6. The highest BCUT2D eigenvalue weighted by Crippen LogP contribution is 2.30. The summed E-state index contributed by atoms with van der Waals surface area (Å²) in [5.74, 6) is 0.900. The smallest absolute Gasteiger partial charge is 0.135 e. The fraction of sp³-hybridized carbons (Fsp3) is 0.294. The molecule has 0 saturated carbocycles. The van der Waals surface area contributed by atoms with E-state index in [0.29, 0.717) is 6.54 Å². The van der Waals surface area contributed by atoms with Gasteiger partial charge in [0.25, 0.3) is 0 Å². The third-order valence-electron chi connectivity index (χ3n) is 3.59. The van der Waals surface area contributed by atoms with Crippen LogP contribution >= 0.6 is 0 Å². The first-order valence-electron chi connectivity index (χ1n) is 6.98. The first-order valence-corrected chi connectivity index (χ1v) is 6.98. The average molecular weight is 269 g/mol. The lowest BCUT2D eigenvalue weighted by atomic mass is 10.1. The Morgan fingerprint density at radius 3 is 2.70 bits per heavy atom. The minimum absolute atomic E-state index is 0.0794. The van der Waals surface area contributed by atoms with E-state index in [1.165, 1.54) is 10.8 Å². The Labute approximate surface area is 118 Å².